The summed E-state index contributed by atoms with van der Waals surface area (Å²) in [5.74, 6) is -0.00609. The summed E-state index contributed by atoms with van der Waals surface area (Å²) in [5, 5.41) is 8.48. The molecule has 1 atom stereocenters. The first-order valence-electron chi connectivity index (χ1n) is 5.83. The number of aromatic nitrogens is 1. The molecule has 0 aliphatic rings. The Morgan fingerprint density at radius 3 is 2.52 bits per heavy atom. The second-order valence-electron chi connectivity index (χ2n) is 4.15. The molecule has 0 amide bonds. The van der Waals surface area contributed by atoms with Crippen molar-refractivity contribution in [1.82, 2.24) is 4.98 Å². The molecule has 0 fully saturated rings. The van der Waals surface area contributed by atoms with E-state index in [0.717, 1.165) is 16.9 Å². The maximum atomic E-state index is 12.5. The molecule has 0 unspecified atom stereocenters. The van der Waals surface area contributed by atoms with E-state index in [1.807, 2.05) is 6.92 Å². The average Bonchev–Trinajstić information content (AvgIpc) is 2.82. The number of hydrogen-bond donors (Lipinski definition) is 1. The zero-order chi connectivity index (χ0) is 15.6. The van der Waals surface area contributed by atoms with Crippen LogP contribution >= 0.6 is 22.9 Å². The van der Waals surface area contributed by atoms with Crippen LogP contribution in [0.2, 0.25) is 4.34 Å². The van der Waals surface area contributed by atoms with Gasteiger partial charge in [-0.05, 0) is 19.1 Å². The Kier molecular flexibility index (Phi) is 5.15. The highest BCUT2D eigenvalue weighted by atomic mass is 35.5. The molecule has 2 aromatic rings. The Labute approximate surface area is 134 Å². The van der Waals surface area contributed by atoms with E-state index in [-0.39, 0.29) is 31.0 Å². The largest absolute Gasteiger partial charge is 0.395 e. The Bertz CT molecular complexity index is 768. The Morgan fingerprint density at radius 2 is 1.95 bits per heavy atom. The first-order chi connectivity index (χ1) is 9.86. The lowest BCUT2D eigenvalue weighted by Crippen LogP contribution is -2.05. The van der Waals surface area contributed by atoms with Gasteiger partial charge in [0.05, 0.1) is 28.1 Å². The molecule has 9 heteroatoms. The molecule has 0 aliphatic carbocycles. The lowest BCUT2D eigenvalue weighted by Gasteiger charge is -2.02. The average molecular weight is 366 g/mol. The second-order valence-corrected chi connectivity index (χ2v) is 9.36. The molecule has 0 saturated carbocycles. The first kappa shape index (κ1) is 16.6. The van der Waals surface area contributed by atoms with Crippen LogP contribution in [0.5, 0.6) is 0 Å². The van der Waals surface area contributed by atoms with Crippen LogP contribution in [0.3, 0.4) is 0 Å². The zero-order valence-electron chi connectivity index (χ0n) is 10.9. The summed E-state index contributed by atoms with van der Waals surface area (Å²) in [6, 6.07) is 6.31. The van der Waals surface area contributed by atoms with Gasteiger partial charge in [0.15, 0.2) is 9.37 Å². The minimum Gasteiger partial charge on any atom is -0.395 e. The molecule has 0 saturated heterocycles. The SMILES string of the molecule is Cc1ccc(S(=O)(=O)c2nc([S@](=O)CCO)sc2Cl)cc1. The molecule has 5 nitrogen and oxygen atoms in total. The van der Waals surface area contributed by atoms with E-state index in [1.165, 1.54) is 12.1 Å². The summed E-state index contributed by atoms with van der Waals surface area (Å²) >= 11 is 6.79. The number of benzene rings is 1. The molecule has 1 aromatic heterocycles. The van der Waals surface area contributed by atoms with E-state index in [2.05, 4.69) is 4.98 Å². The summed E-state index contributed by atoms with van der Waals surface area (Å²) in [6.45, 7) is 1.58. The third-order valence-corrected chi connectivity index (χ3v) is 7.42. The molecule has 0 aliphatic heterocycles. The van der Waals surface area contributed by atoms with Crippen molar-refractivity contribution in [2.24, 2.45) is 0 Å². The lowest BCUT2D eigenvalue weighted by molar-refractivity contribution is 0.321. The van der Waals surface area contributed by atoms with Crippen LogP contribution in [0, 0.1) is 6.92 Å². The molecule has 0 bridgehead atoms. The highest BCUT2D eigenvalue weighted by Crippen LogP contribution is 2.33. The quantitative estimate of drug-likeness (QED) is 0.876. The van der Waals surface area contributed by atoms with Crippen molar-refractivity contribution in [3.8, 4) is 0 Å². The van der Waals surface area contributed by atoms with Crippen molar-refractivity contribution in [3.05, 3.63) is 34.2 Å². The smallest absolute Gasteiger partial charge is 0.226 e. The molecular weight excluding hydrogens is 354 g/mol. The van der Waals surface area contributed by atoms with Crippen LogP contribution in [0.15, 0.2) is 38.5 Å². The molecule has 2 rings (SSSR count). The molecule has 1 heterocycles. The molecule has 1 aromatic carbocycles. The summed E-state index contributed by atoms with van der Waals surface area (Å²) < 4.78 is 36.8. The third-order valence-electron chi connectivity index (χ3n) is 2.60. The van der Waals surface area contributed by atoms with Gasteiger partial charge in [-0.1, -0.05) is 40.6 Å². The molecule has 0 spiro atoms. The summed E-state index contributed by atoms with van der Waals surface area (Å²) in [7, 11) is -5.40. The molecule has 114 valence electrons. The first-order valence-corrected chi connectivity index (χ1v) is 9.83. The van der Waals surface area contributed by atoms with Crippen molar-refractivity contribution >= 4 is 43.6 Å². The van der Waals surface area contributed by atoms with Gasteiger partial charge in [-0.15, -0.1) is 0 Å². The fraction of sp³-hybridized carbons (Fsp3) is 0.250. The summed E-state index contributed by atoms with van der Waals surface area (Å²) in [5.41, 5.74) is 0.933. The van der Waals surface area contributed by atoms with Crippen LogP contribution in [0.25, 0.3) is 0 Å². The van der Waals surface area contributed by atoms with Crippen LogP contribution in [0.4, 0.5) is 0 Å². The van der Waals surface area contributed by atoms with E-state index in [1.54, 1.807) is 12.1 Å². The second kappa shape index (κ2) is 6.53. The van der Waals surface area contributed by atoms with E-state index >= 15 is 0 Å². The fourth-order valence-corrected chi connectivity index (χ4v) is 5.77. The molecular formula is C12H12ClNO4S3. The van der Waals surface area contributed by atoms with E-state index in [4.69, 9.17) is 16.7 Å². The maximum Gasteiger partial charge on any atom is 0.226 e. The number of hydrogen-bond acceptors (Lipinski definition) is 6. The van der Waals surface area contributed by atoms with Crippen LogP contribution in [-0.4, -0.2) is 35.1 Å². The predicted molar refractivity (Wildman–Crippen MR) is 82.1 cm³/mol. The van der Waals surface area contributed by atoms with Gasteiger partial charge in [-0.3, -0.25) is 4.21 Å². The number of rotatable bonds is 5. The Morgan fingerprint density at radius 1 is 1.33 bits per heavy atom. The van der Waals surface area contributed by atoms with Gasteiger partial charge in [0.2, 0.25) is 9.84 Å². The van der Waals surface area contributed by atoms with Crippen LogP contribution in [0.1, 0.15) is 5.56 Å². The van der Waals surface area contributed by atoms with Gasteiger partial charge >= 0.3 is 0 Å². The number of thiazole rings is 1. The van der Waals surface area contributed by atoms with Gasteiger partial charge in [0, 0.05) is 0 Å². The number of aryl methyl sites for hydroxylation is 1. The van der Waals surface area contributed by atoms with Crippen molar-refractivity contribution in [2.75, 3.05) is 12.4 Å². The molecule has 0 radical (unpaired) electrons. The normalized spacial score (nSPS) is 13.3. The topological polar surface area (TPSA) is 84.3 Å². The number of nitrogens with zero attached hydrogens (tertiary/aromatic N) is 1. The van der Waals surface area contributed by atoms with Crippen LogP contribution in [-0.2, 0) is 20.6 Å². The number of halogens is 1. The van der Waals surface area contributed by atoms with Crippen molar-refractivity contribution in [3.63, 3.8) is 0 Å². The standard InChI is InChI=1S/C12H12ClNO4S3/c1-8-2-4-9(5-3-8)21(17,18)11-10(13)19-12(14-11)20(16)7-6-15/h2-5,15H,6-7H2,1H3/t20-/m1/s1. The molecule has 21 heavy (non-hydrogen) atoms. The number of sulfone groups is 1. The van der Waals surface area contributed by atoms with Gasteiger partial charge in [0.1, 0.15) is 4.34 Å². The summed E-state index contributed by atoms with van der Waals surface area (Å²) in [4.78, 5) is 3.97. The predicted octanol–water partition coefficient (Wildman–Crippen LogP) is 2.04. The van der Waals surface area contributed by atoms with E-state index in [0.29, 0.717) is 0 Å². The lowest BCUT2D eigenvalue weighted by atomic mass is 10.2. The number of aliphatic hydroxyl groups is 1. The molecule has 1 N–H and O–H groups in total. The minimum absolute atomic E-state index is 0.00609. The van der Waals surface area contributed by atoms with Crippen LogP contribution < -0.4 is 0 Å². The minimum atomic E-state index is -3.84. The van der Waals surface area contributed by atoms with Gasteiger partial charge < -0.3 is 5.11 Å². The zero-order valence-corrected chi connectivity index (χ0v) is 14.2. The van der Waals surface area contributed by atoms with Gasteiger partial charge in [0.25, 0.3) is 0 Å². The highest BCUT2D eigenvalue weighted by molar-refractivity contribution is 7.92. The highest BCUT2D eigenvalue weighted by Gasteiger charge is 2.26. The van der Waals surface area contributed by atoms with E-state index < -0.39 is 20.6 Å². The number of aliphatic hydroxyl groups excluding tert-OH is 1. The van der Waals surface area contributed by atoms with E-state index in [9.17, 15) is 12.6 Å². The fourth-order valence-electron chi connectivity index (χ4n) is 1.53. The van der Waals surface area contributed by atoms with Gasteiger partial charge in [-0.25, -0.2) is 13.4 Å². The van der Waals surface area contributed by atoms with Crippen molar-refractivity contribution < 1.29 is 17.7 Å². The third kappa shape index (κ3) is 3.51. The van der Waals surface area contributed by atoms with Crippen molar-refractivity contribution in [1.29, 1.82) is 0 Å². The monoisotopic (exact) mass is 365 g/mol. The van der Waals surface area contributed by atoms with Gasteiger partial charge in [-0.2, -0.15) is 0 Å². The maximum absolute atomic E-state index is 12.5. The summed E-state index contributed by atoms with van der Waals surface area (Å²) in [6.07, 6.45) is 0. The van der Waals surface area contributed by atoms with Crippen molar-refractivity contribution in [2.45, 2.75) is 21.2 Å². The Balaban J connectivity index is 2.46. The Hall–Kier alpha value is -0.800.